The number of hydrogen-bond donors (Lipinski definition) is 2. The normalized spacial score (nSPS) is 18.3. The maximum absolute atomic E-state index is 13.9. The van der Waals surface area contributed by atoms with Gasteiger partial charge in [0.2, 0.25) is 5.91 Å². The van der Waals surface area contributed by atoms with Gasteiger partial charge in [0.15, 0.2) is 17.7 Å². The largest absolute Gasteiger partial charge is 0.452 e. The lowest BCUT2D eigenvalue weighted by molar-refractivity contribution is -0.154. The van der Waals surface area contributed by atoms with Gasteiger partial charge in [-0.05, 0) is 62.0 Å². The highest BCUT2D eigenvalue weighted by Crippen LogP contribution is 2.30. The third-order valence-corrected chi connectivity index (χ3v) is 8.13. The summed E-state index contributed by atoms with van der Waals surface area (Å²) in [7, 11) is 0. The first kappa shape index (κ1) is 36.6. The molecule has 1 aliphatic rings. The topological polar surface area (TPSA) is 131 Å². The summed E-state index contributed by atoms with van der Waals surface area (Å²) in [5, 5.41) is 5.79. The second kappa shape index (κ2) is 17.2. The van der Waals surface area contributed by atoms with Gasteiger partial charge >= 0.3 is 5.97 Å². The van der Waals surface area contributed by atoms with Crippen LogP contribution in [0.2, 0.25) is 0 Å². The molecule has 0 spiro atoms. The molecule has 3 rings (SSSR count). The maximum Gasteiger partial charge on any atom is 0.303 e. The van der Waals surface area contributed by atoms with Crippen LogP contribution in [0.3, 0.4) is 0 Å². The number of nitrogens with one attached hydrogen (secondary N) is 2. The number of carbonyl (C=O) groups is 5. The number of carbonyl (C=O) groups excluding carboxylic acids is 5. The predicted octanol–water partition coefficient (Wildman–Crippen LogP) is 4.79. The molecule has 1 fully saturated rings. The molecule has 9 nitrogen and oxygen atoms in total. The Labute approximate surface area is 273 Å². The van der Waals surface area contributed by atoms with Crippen LogP contribution in [-0.4, -0.2) is 59.7 Å². The molecule has 2 amide bonds. The molecule has 46 heavy (non-hydrogen) atoms. The Morgan fingerprint density at radius 2 is 1.33 bits per heavy atom. The highest BCUT2D eigenvalue weighted by Gasteiger charge is 2.50. The fourth-order valence-electron chi connectivity index (χ4n) is 5.55. The number of amides is 2. The number of rotatable bonds is 19. The van der Waals surface area contributed by atoms with E-state index in [-0.39, 0.29) is 42.7 Å². The highest BCUT2D eigenvalue weighted by molar-refractivity contribution is 5.98. The Bertz CT molecular complexity index is 1320. The number of benzene rings is 2. The molecule has 1 aliphatic heterocycles. The Morgan fingerprint density at radius 1 is 0.804 bits per heavy atom. The zero-order valence-electron chi connectivity index (χ0n) is 28.0. The fraction of sp³-hybridized carbons (Fsp3) is 0.541. The van der Waals surface area contributed by atoms with Gasteiger partial charge in [0.25, 0.3) is 5.91 Å². The Kier molecular flexibility index (Phi) is 13.7. The Balaban J connectivity index is 1.80. The number of Topliss-reactive ketones (excluding diaryl/α,β-unsaturated/α-hetero) is 2. The molecule has 0 aliphatic carbocycles. The van der Waals surface area contributed by atoms with Crippen LogP contribution in [0.4, 0.5) is 0 Å². The van der Waals surface area contributed by atoms with Crippen LogP contribution < -0.4 is 10.6 Å². The number of esters is 1. The molecule has 0 aromatic heterocycles. The smallest absolute Gasteiger partial charge is 0.303 e. The first-order chi connectivity index (χ1) is 21.8. The van der Waals surface area contributed by atoms with Crippen LogP contribution in [0.1, 0.15) is 78.4 Å². The first-order valence-electron chi connectivity index (χ1n) is 16.3. The summed E-state index contributed by atoms with van der Waals surface area (Å²) in [6.07, 6.45) is 0.625. The molecule has 0 radical (unpaired) electrons. The van der Waals surface area contributed by atoms with E-state index in [2.05, 4.69) is 10.6 Å². The monoisotopic (exact) mass is 634 g/mol. The van der Waals surface area contributed by atoms with Crippen molar-refractivity contribution < 1.29 is 33.4 Å². The van der Waals surface area contributed by atoms with Gasteiger partial charge in [-0.3, -0.25) is 24.0 Å². The van der Waals surface area contributed by atoms with Crippen molar-refractivity contribution in [2.45, 2.75) is 104 Å². The molecule has 5 atom stereocenters. The zero-order valence-corrected chi connectivity index (χ0v) is 28.0. The van der Waals surface area contributed by atoms with Crippen molar-refractivity contribution in [1.82, 2.24) is 10.6 Å². The summed E-state index contributed by atoms with van der Waals surface area (Å²) in [6.45, 7) is 11.1. The van der Waals surface area contributed by atoms with Crippen LogP contribution in [0, 0.1) is 17.8 Å². The summed E-state index contributed by atoms with van der Waals surface area (Å²) in [4.78, 5) is 66.4. The lowest BCUT2D eigenvalue weighted by atomic mass is 9.87. The third-order valence-electron chi connectivity index (χ3n) is 8.13. The maximum atomic E-state index is 13.9. The van der Waals surface area contributed by atoms with Crippen molar-refractivity contribution >= 4 is 29.4 Å². The second-order valence-corrected chi connectivity index (χ2v) is 13.4. The number of ketones is 2. The lowest BCUT2D eigenvalue weighted by Crippen LogP contribution is -2.50. The number of aryl methyl sites for hydroxylation is 1. The van der Waals surface area contributed by atoms with Gasteiger partial charge < -0.3 is 20.1 Å². The van der Waals surface area contributed by atoms with E-state index in [4.69, 9.17) is 9.47 Å². The molecule has 250 valence electrons. The summed E-state index contributed by atoms with van der Waals surface area (Å²) in [5.74, 6) is -2.58. The molecular formula is C37H50N2O7. The molecule has 2 N–H and O–H groups in total. The van der Waals surface area contributed by atoms with Crippen molar-refractivity contribution in [2.24, 2.45) is 17.8 Å². The number of epoxide rings is 1. The van der Waals surface area contributed by atoms with Crippen LogP contribution >= 0.6 is 0 Å². The van der Waals surface area contributed by atoms with Crippen molar-refractivity contribution in [3.8, 4) is 0 Å². The quantitative estimate of drug-likeness (QED) is 0.168. The molecule has 2 aromatic rings. The van der Waals surface area contributed by atoms with E-state index in [1.807, 2.05) is 88.4 Å². The van der Waals surface area contributed by atoms with E-state index in [1.54, 1.807) is 6.92 Å². The van der Waals surface area contributed by atoms with E-state index >= 15 is 0 Å². The molecule has 0 unspecified atom stereocenters. The summed E-state index contributed by atoms with van der Waals surface area (Å²) in [6, 6.07) is 17.3. The van der Waals surface area contributed by atoms with E-state index in [0.717, 1.165) is 11.1 Å². The minimum Gasteiger partial charge on any atom is -0.452 e. The van der Waals surface area contributed by atoms with Crippen molar-refractivity contribution in [2.75, 3.05) is 6.61 Å². The predicted molar refractivity (Wildman–Crippen MR) is 176 cm³/mol. The number of ether oxygens (including phenoxy) is 2. The SMILES string of the molecule is CC(=O)O[C@@H](CCc1ccccc1)C(=O)N[C@@H](CC(C)C)C(=O)C[C@@H](Cc1ccccc1)C(=O)N[C@@H](CC(C)C)C(=O)[C@@]1(C)CO1. The van der Waals surface area contributed by atoms with Gasteiger partial charge in [-0.2, -0.15) is 0 Å². The molecule has 0 saturated carbocycles. The van der Waals surface area contributed by atoms with Gasteiger partial charge in [-0.25, -0.2) is 0 Å². The van der Waals surface area contributed by atoms with Gasteiger partial charge in [-0.15, -0.1) is 0 Å². The summed E-state index contributed by atoms with van der Waals surface area (Å²) < 4.78 is 10.8. The first-order valence-corrected chi connectivity index (χ1v) is 16.3. The average molecular weight is 635 g/mol. The van der Waals surface area contributed by atoms with Crippen LogP contribution in [0.5, 0.6) is 0 Å². The van der Waals surface area contributed by atoms with Crippen molar-refractivity contribution in [3.05, 3.63) is 71.8 Å². The zero-order chi connectivity index (χ0) is 33.9. The van der Waals surface area contributed by atoms with Gasteiger partial charge in [0.05, 0.1) is 18.7 Å². The van der Waals surface area contributed by atoms with E-state index in [9.17, 15) is 24.0 Å². The lowest BCUT2D eigenvalue weighted by Gasteiger charge is -2.27. The molecule has 2 aromatic carbocycles. The minimum absolute atomic E-state index is 0.0551. The van der Waals surface area contributed by atoms with Crippen LogP contribution in [0.15, 0.2) is 60.7 Å². The second-order valence-electron chi connectivity index (χ2n) is 13.4. The Morgan fingerprint density at radius 3 is 1.85 bits per heavy atom. The van der Waals surface area contributed by atoms with E-state index < -0.39 is 47.5 Å². The number of hydrogen-bond acceptors (Lipinski definition) is 7. The molecule has 1 saturated heterocycles. The summed E-state index contributed by atoms with van der Waals surface area (Å²) in [5.41, 5.74) is 0.969. The van der Waals surface area contributed by atoms with E-state index in [0.29, 0.717) is 25.9 Å². The van der Waals surface area contributed by atoms with Gasteiger partial charge in [0.1, 0.15) is 5.60 Å². The molecule has 0 bridgehead atoms. The standard InChI is InChI=1S/C37H50N2O7/c1-24(2)19-30(38-36(44)33(46-26(5)40)18-17-27-13-9-7-10-14-27)32(41)22-29(21-28-15-11-8-12-16-28)35(43)39-31(20-25(3)4)34(42)37(6)23-45-37/h7-16,24-25,29-31,33H,17-23H2,1-6H3,(H,38,44)(H,39,43)/t29-,30+,31+,33+,37-/m1/s1. The molecule has 9 heteroatoms. The van der Waals surface area contributed by atoms with Gasteiger partial charge in [0, 0.05) is 19.3 Å². The van der Waals surface area contributed by atoms with Crippen LogP contribution in [-0.2, 0) is 46.3 Å². The fourth-order valence-corrected chi connectivity index (χ4v) is 5.55. The summed E-state index contributed by atoms with van der Waals surface area (Å²) >= 11 is 0. The Hall–Kier alpha value is -3.85. The minimum atomic E-state index is -1.07. The van der Waals surface area contributed by atoms with Crippen molar-refractivity contribution in [1.29, 1.82) is 0 Å². The average Bonchev–Trinajstić information content (AvgIpc) is 3.76. The van der Waals surface area contributed by atoms with Crippen molar-refractivity contribution in [3.63, 3.8) is 0 Å². The van der Waals surface area contributed by atoms with E-state index in [1.165, 1.54) is 6.92 Å². The highest BCUT2D eigenvalue weighted by atomic mass is 16.6. The van der Waals surface area contributed by atoms with Crippen LogP contribution in [0.25, 0.3) is 0 Å². The van der Waals surface area contributed by atoms with Gasteiger partial charge in [-0.1, -0.05) is 88.4 Å². The third kappa shape index (κ3) is 11.8. The molecular weight excluding hydrogens is 584 g/mol. The molecule has 1 heterocycles.